The van der Waals surface area contributed by atoms with Crippen LogP contribution in [-0.4, -0.2) is 24.5 Å². The molecule has 0 aromatic carbocycles. The van der Waals surface area contributed by atoms with Crippen molar-refractivity contribution in [1.29, 1.82) is 0 Å². The van der Waals surface area contributed by atoms with E-state index in [-0.39, 0.29) is 0 Å². The lowest BCUT2D eigenvalue weighted by Gasteiger charge is -2.22. The quantitative estimate of drug-likeness (QED) is 0.0630. The maximum Gasteiger partial charge on any atom is 0.0187 e. The molecule has 0 aromatic heterocycles. The van der Waals surface area contributed by atoms with E-state index < -0.39 is 0 Å². The van der Waals surface area contributed by atoms with E-state index in [4.69, 9.17) is 0 Å². The smallest absolute Gasteiger partial charge is 0.0187 e. The summed E-state index contributed by atoms with van der Waals surface area (Å²) >= 11 is 0. The van der Waals surface area contributed by atoms with Gasteiger partial charge < -0.3 is 0 Å². The molecule has 0 aliphatic carbocycles. The van der Waals surface area contributed by atoms with Crippen molar-refractivity contribution >= 4 is 0 Å². The molecule has 0 heterocycles. The zero-order chi connectivity index (χ0) is 27.1. The Morgan fingerprint density at radius 3 is 0.811 bits per heavy atom. The van der Waals surface area contributed by atoms with Gasteiger partial charge >= 0.3 is 0 Å². The molecule has 37 heavy (non-hydrogen) atoms. The Morgan fingerprint density at radius 2 is 0.595 bits per heavy atom. The van der Waals surface area contributed by atoms with Crippen LogP contribution in [0.5, 0.6) is 0 Å². The molecule has 222 valence electrons. The van der Waals surface area contributed by atoms with E-state index in [9.17, 15) is 0 Å². The Morgan fingerprint density at radius 1 is 0.378 bits per heavy atom. The zero-order valence-corrected chi connectivity index (χ0v) is 26.6. The molecule has 0 bridgehead atoms. The largest absolute Gasteiger partial charge is 0.299 e. The van der Waals surface area contributed by atoms with Gasteiger partial charge in [0.05, 0.1) is 0 Å². The summed E-state index contributed by atoms with van der Waals surface area (Å²) in [6.07, 6.45) is 40.5. The summed E-state index contributed by atoms with van der Waals surface area (Å²) in [5.41, 5.74) is 1.33. The maximum absolute atomic E-state index is 4.19. The summed E-state index contributed by atoms with van der Waals surface area (Å²) in [5.74, 6) is 0. The van der Waals surface area contributed by atoms with Gasteiger partial charge in [-0.25, -0.2) is 0 Å². The number of nitrogens with zero attached hydrogens (tertiary/aromatic N) is 1. The lowest BCUT2D eigenvalue weighted by Crippen LogP contribution is -2.27. The molecule has 0 rings (SSSR count). The lowest BCUT2D eigenvalue weighted by atomic mass is 10.0. The second-order valence-electron chi connectivity index (χ2n) is 12.4. The van der Waals surface area contributed by atoms with Gasteiger partial charge in [0.1, 0.15) is 0 Å². The van der Waals surface area contributed by atoms with Crippen molar-refractivity contribution in [3.8, 4) is 0 Å². The van der Waals surface area contributed by atoms with Crippen molar-refractivity contribution < 1.29 is 0 Å². The van der Waals surface area contributed by atoms with Gasteiger partial charge in [0.15, 0.2) is 0 Å². The lowest BCUT2D eigenvalue weighted by molar-refractivity contribution is 0.280. The number of hydrogen-bond donors (Lipinski definition) is 0. The first kappa shape index (κ1) is 36.7. The predicted molar refractivity (Wildman–Crippen MR) is 172 cm³/mol. The Bertz CT molecular complexity index is 396. The van der Waals surface area contributed by atoms with Crippen LogP contribution >= 0.6 is 0 Å². The van der Waals surface area contributed by atoms with Crippen LogP contribution in [-0.2, 0) is 0 Å². The van der Waals surface area contributed by atoms with Crippen LogP contribution in [0.25, 0.3) is 0 Å². The fourth-order valence-electron chi connectivity index (χ4n) is 5.71. The van der Waals surface area contributed by atoms with Crippen molar-refractivity contribution in [2.45, 2.75) is 201 Å². The molecule has 0 aromatic rings. The Labute approximate surface area is 237 Å². The van der Waals surface area contributed by atoms with Crippen LogP contribution in [0.3, 0.4) is 0 Å². The highest BCUT2D eigenvalue weighted by Gasteiger charge is 2.05. The number of rotatable bonds is 32. The van der Waals surface area contributed by atoms with Gasteiger partial charge in [-0.15, -0.1) is 0 Å². The van der Waals surface area contributed by atoms with Gasteiger partial charge in [-0.05, 0) is 32.9 Å². The Balaban J connectivity index is 3.49. The molecule has 0 saturated heterocycles. The Hall–Kier alpha value is -0.300. The van der Waals surface area contributed by atoms with Gasteiger partial charge in [0.2, 0.25) is 0 Å². The SMILES string of the molecule is C=C(C)CN(CCCCCCCCCCCCCCCC)CCCCCCCCCCCCCCCC. The van der Waals surface area contributed by atoms with Gasteiger partial charge in [-0.3, -0.25) is 4.90 Å². The first-order valence-electron chi connectivity index (χ1n) is 17.6. The van der Waals surface area contributed by atoms with E-state index in [0.717, 1.165) is 6.54 Å². The fourth-order valence-corrected chi connectivity index (χ4v) is 5.71. The van der Waals surface area contributed by atoms with E-state index in [1.807, 2.05) is 0 Å². The fraction of sp³-hybridized carbons (Fsp3) is 0.944. The molecule has 0 atom stereocenters. The van der Waals surface area contributed by atoms with Crippen molar-refractivity contribution in [3.63, 3.8) is 0 Å². The third-order valence-corrected chi connectivity index (χ3v) is 8.15. The topological polar surface area (TPSA) is 3.24 Å². The molecule has 0 N–H and O–H groups in total. The average Bonchev–Trinajstić information content (AvgIpc) is 2.88. The van der Waals surface area contributed by atoms with Gasteiger partial charge in [0.25, 0.3) is 0 Å². The molecule has 0 fully saturated rings. The van der Waals surface area contributed by atoms with Crippen molar-refractivity contribution in [3.05, 3.63) is 12.2 Å². The summed E-state index contributed by atoms with van der Waals surface area (Å²) in [5, 5.41) is 0. The standard InChI is InChI=1S/C36H73N/c1-5-7-9-11-13-15-17-19-21-23-25-27-29-31-33-37(35-36(3)4)34-32-30-28-26-24-22-20-18-16-14-12-10-8-6-2/h3,5-35H2,1-2,4H3. The highest BCUT2D eigenvalue weighted by Crippen LogP contribution is 2.15. The van der Waals surface area contributed by atoms with E-state index in [1.54, 1.807) is 0 Å². The van der Waals surface area contributed by atoms with Crippen LogP contribution < -0.4 is 0 Å². The molecule has 1 nitrogen and oxygen atoms in total. The van der Waals surface area contributed by atoms with Crippen LogP contribution in [0.1, 0.15) is 201 Å². The molecule has 0 saturated carbocycles. The molecule has 1 heteroatoms. The number of unbranched alkanes of at least 4 members (excludes halogenated alkanes) is 26. The minimum atomic E-state index is 1.11. The van der Waals surface area contributed by atoms with E-state index >= 15 is 0 Å². The third-order valence-electron chi connectivity index (χ3n) is 8.15. The van der Waals surface area contributed by atoms with E-state index in [1.165, 1.54) is 198 Å². The molecule has 0 spiro atoms. The van der Waals surface area contributed by atoms with Crippen LogP contribution in [0.15, 0.2) is 12.2 Å². The Kier molecular flexibility index (Phi) is 31.7. The highest BCUT2D eigenvalue weighted by atomic mass is 15.1. The minimum absolute atomic E-state index is 1.11. The van der Waals surface area contributed by atoms with Crippen molar-refractivity contribution in [2.75, 3.05) is 19.6 Å². The summed E-state index contributed by atoms with van der Waals surface area (Å²) < 4.78 is 0. The number of hydrogen-bond acceptors (Lipinski definition) is 1. The molecular formula is C36H73N. The second-order valence-corrected chi connectivity index (χ2v) is 12.4. The van der Waals surface area contributed by atoms with E-state index in [0.29, 0.717) is 0 Å². The van der Waals surface area contributed by atoms with Gasteiger partial charge in [-0.1, -0.05) is 193 Å². The normalized spacial score (nSPS) is 11.6. The monoisotopic (exact) mass is 520 g/mol. The molecule has 0 amide bonds. The highest BCUT2D eigenvalue weighted by molar-refractivity contribution is 4.91. The van der Waals surface area contributed by atoms with Crippen LogP contribution in [0.2, 0.25) is 0 Å². The van der Waals surface area contributed by atoms with Crippen LogP contribution in [0.4, 0.5) is 0 Å². The van der Waals surface area contributed by atoms with Crippen molar-refractivity contribution in [1.82, 2.24) is 4.90 Å². The summed E-state index contributed by atoms with van der Waals surface area (Å²) in [4.78, 5) is 2.68. The molecule has 0 aliphatic rings. The third kappa shape index (κ3) is 31.8. The summed E-state index contributed by atoms with van der Waals surface area (Å²) in [6.45, 7) is 14.7. The zero-order valence-electron chi connectivity index (χ0n) is 26.6. The van der Waals surface area contributed by atoms with Gasteiger partial charge in [-0.2, -0.15) is 0 Å². The predicted octanol–water partition coefficient (Wildman–Crippen LogP) is 12.8. The molecular weight excluding hydrogens is 446 g/mol. The summed E-state index contributed by atoms with van der Waals surface area (Å²) in [6, 6.07) is 0. The van der Waals surface area contributed by atoms with Gasteiger partial charge in [0, 0.05) is 6.54 Å². The van der Waals surface area contributed by atoms with E-state index in [2.05, 4.69) is 32.3 Å². The maximum atomic E-state index is 4.19. The molecule has 0 aliphatic heterocycles. The molecule has 0 unspecified atom stereocenters. The first-order chi connectivity index (χ1) is 18.2. The minimum Gasteiger partial charge on any atom is -0.299 e. The van der Waals surface area contributed by atoms with Crippen molar-refractivity contribution in [2.24, 2.45) is 0 Å². The average molecular weight is 520 g/mol. The summed E-state index contributed by atoms with van der Waals surface area (Å²) in [7, 11) is 0. The first-order valence-corrected chi connectivity index (χ1v) is 17.6. The molecule has 0 radical (unpaired) electrons. The second kappa shape index (κ2) is 31.9. The van der Waals surface area contributed by atoms with Crippen LogP contribution in [0, 0.1) is 0 Å².